The van der Waals surface area contributed by atoms with Crippen molar-refractivity contribution in [2.24, 2.45) is 18.9 Å². The van der Waals surface area contributed by atoms with Gasteiger partial charge < -0.3 is 19.0 Å². The second-order valence-corrected chi connectivity index (χ2v) is 8.77. The maximum absolute atomic E-state index is 12.4. The molecule has 5 rings (SSSR count). The third kappa shape index (κ3) is 5.77. The number of cyclic esters (lactones) is 1. The Morgan fingerprint density at radius 3 is 2.54 bits per heavy atom. The van der Waals surface area contributed by atoms with Gasteiger partial charge in [0.15, 0.2) is 0 Å². The molecule has 0 amide bonds. The van der Waals surface area contributed by atoms with Gasteiger partial charge in [0.1, 0.15) is 0 Å². The van der Waals surface area contributed by atoms with E-state index in [1.807, 2.05) is 47.5 Å². The number of carboxylic acid groups (broad SMARTS) is 1. The molecule has 0 saturated carbocycles. The SMILES string of the molecule is CC[C@@H]1C(=O)OC[C@@H]1Cc1cncn1C.O=C(c1ccccc1)c1ccc2n1CCC2C(=O)O.[NaH]. The second-order valence-electron chi connectivity index (χ2n) is 8.77. The molecule has 2 aliphatic heterocycles. The Morgan fingerprint density at radius 2 is 1.91 bits per heavy atom. The van der Waals surface area contributed by atoms with E-state index in [4.69, 9.17) is 9.84 Å². The molecule has 35 heavy (non-hydrogen) atoms. The number of benzene rings is 1. The zero-order valence-corrected chi connectivity index (χ0v) is 19.4. The van der Waals surface area contributed by atoms with E-state index in [1.165, 1.54) is 0 Å². The molecule has 0 aliphatic carbocycles. The van der Waals surface area contributed by atoms with Crippen molar-refractivity contribution >= 4 is 47.3 Å². The average Bonchev–Trinajstić information content (AvgIpc) is 3.60. The Morgan fingerprint density at radius 1 is 1.17 bits per heavy atom. The fraction of sp³-hybridized carbons (Fsp3) is 0.385. The number of esters is 1. The molecule has 8 nitrogen and oxygen atoms in total. The number of imidazole rings is 1. The Labute approximate surface area is 226 Å². The molecule has 1 saturated heterocycles. The van der Waals surface area contributed by atoms with Crippen LogP contribution in [-0.4, -0.2) is 73.1 Å². The summed E-state index contributed by atoms with van der Waals surface area (Å²) < 4.78 is 8.91. The van der Waals surface area contributed by atoms with Crippen LogP contribution >= 0.6 is 0 Å². The number of carboxylic acids is 1. The molecule has 2 aromatic heterocycles. The third-order valence-electron chi connectivity index (χ3n) is 6.72. The van der Waals surface area contributed by atoms with E-state index < -0.39 is 11.9 Å². The van der Waals surface area contributed by atoms with Crippen molar-refractivity contribution in [3.8, 4) is 0 Å². The number of carbonyl (C=O) groups excluding carboxylic acids is 2. The summed E-state index contributed by atoms with van der Waals surface area (Å²) in [6.45, 7) is 3.18. The Balaban J connectivity index is 0.000000195. The number of hydrogen-bond donors (Lipinski definition) is 1. The average molecular weight is 488 g/mol. The molecule has 3 atom stereocenters. The van der Waals surface area contributed by atoms with Crippen LogP contribution < -0.4 is 0 Å². The van der Waals surface area contributed by atoms with Gasteiger partial charge in [-0.3, -0.25) is 14.4 Å². The fourth-order valence-corrected chi connectivity index (χ4v) is 4.78. The van der Waals surface area contributed by atoms with Gasteiger partial charge in [-0.15, -0.1) is 0 Å². The van der Waals surface area contributed by atoms with E-state index in [0.29, 0.717) is 36.7 Å². The van der Waals surface area contributed by atoms with Crippen LogP contribution in [0.3, 0.4) is 0 Å². The van der Waals surface area contributed by atoms with Crippen molar-refractivity contribution in [2.75, 3.05) is 6.61 Å². The van der Waals surface area contributed by atoms with Gasteiger partial charge in [-0.2, -0.15) is 0 Å². The quantitative estimate of drug-likeness (QED) is 0.326. The molecule has 1 N–H and O–H groups in total. The zero-order chi connectivity index (χ0) is 24.2. The predicted octanol–water partition coefficient (Wildman–Crippen LogP) is 2.80. The van der Waals surface area contributed by atoms with Crippen LogP contribution in [0, 0.1) is 11.8 Å². The molecule has 1 fully saturated rings. The first-order valence-corrected chi connectivity index (χ1v) is 11.5. The van der Waals surface area contributed by atoms with Crippen LogP contribution in [-0.2, 0) is 34.3 Å². The molecule has 180 valence electrons. The van der Waals surface area contributed by atoms with Crippen LogP contribution in [0.1, 0.15) is 53.1 Å². The molecule has 2 aliphatic rings. The van der Waals surface area contributed by atoms with Crippen molar-refractivity contribution in [1.29, 1.82) is 0 Å². The summed E-state index contributed by atoms with van der Waals surface area (Å²) in [4.78, 5) is 38.9. The van der Waals surface area contributed by atoms with Gasteiger partial charge in [0.25, 0.3) is 0 Å². The van der Waals surface area contributed by atoms with Gasteiger partial charge in [0.2, 0.25) is 5.78 Å². The maximum atomic E-state index is 12.4. The van der Waals surface area contributed by atoms with E-state index in [-0.39, 0.29) is 47.2 Å². The summed E-state index contributed by atoms with van der Waals surface area (Å²) in [6, 6.07) is 12.5. The van der Waals surface area contributed by atoms with E-state index in [2.05, 4.69) is 4.98 Å². The summed E-state index contributed by atoms with van der Waals surface area (Å²) in [6.07, 6.45) is 5.94. The van der Waals surface area contributed by atoms with Crippen LogP contribution in [0.2, 0.25) is 0 Å². The topological polar surface area (TPSA) is 103 Å². The van der Waals surface area contributed by atoms with E-state index in [1.54, 1.807) is 30.6 Å². The number of aromatic nitrogens is 3. The van der Waals surface area contributed by atoms with Gasteiger partial charge in [-0.1, -0.05) is 37.3 Å². The first kappa shape index (κ1) is 26.9. The standard InChI is InChI=1S/C15H13NO3.C11H16N2O2.Na.H/c17-14(10-4-2-1-3-5-10)13-7-6-12-11(15(18)19)8-9-16(12)13;1-3-10-8(6-15-11(10)14)4-9-5-12-7-13(9)2;;/h1-7,11H,8-9H2,(H,18,19);5,7-8,10H,3-4,6H2,1-2H3;;/t;8-,10-;;/m.0../s1. The number of aliphatic carboxylic acids is 1. The molecular weight excluding hydrogens is 457 g/mol. The molecule has 1 unspecified atom stereocenters. The second kappa shape index (κ2) is 11.8. The van der Waals surface area contributed by atoms with Crippen molar-refractivity contribution in [3.63, 3.8) is 0 Å². The Bertz CT molecular complexity index is 1190. The summed E-state index contributed by atoms with van der Waals surface area (Å²) >= 11 is 0. The number of hydrogen-bond acceptors (Lipinski definition) is 5. The first-order chi connectivity index (χ1) is 16.4. The number of nitrogens with zero attached hydrogens (tertiary/aromatic N) is 3. The molecule has 0 bridgehead atoms. The fourth-order valence-electron chi connectivity index (χ4n) is 4.78. The molecule has 1 aromatic carbocycles. The molecule has 9 heteroatoms. The van der Waals surface area contributed by atoms with Gasteiger partial charge in [0.05, 0.1) is 30.5 Å². The predicted molar refractivity (Wildman–Crippen MR) is 132 cm³/mol. The summed E-state index contributed by atoms with van der Waals surface area (Å²) in [5.74, 6) is -1.02. The minimum atomic E-state index is -0.824. The van der Waals surface area contributed by atoms with Gasteiger partial charge >= 0.3 is 41.5 Å². The van der Waals surface area contributed by atoms with Crippen molar-refractivity contribution in [3.05, 3.63) is 77.6 Å². The molecular formula is C26H30N3NaO5. The summed E-state index contributed by atoms with van der Waals surface area (Å²) in [7, 11) is 1.97. The van der Waals surface area contributed by atoms with Gasteiger partial charge in [0, 0.05) is 42.7 Å². The monoisotopic (exact) mass is 487 g/mol. The molecule has 4 heterocycles. The van der Waals surface area contributed by atoms with E-state index in [0.717, 1.165) is 24.2 Å². The molecule has 3 aromatic rings. The number of carbonyl (C=O) groups is 3. The van der Waals surface area contributed by atoms with Crippen LogP contribution in [0.5, 0.6) is 0 Å². The summed E-state index contributed by atoms with van der Waals surface area (Å²) in [5.41, 5.74) is 3.09. The molecule has 0 radical (unpaired) electrons. The molecule has 0 spiro atoms. The Hall–Kier alpha value is -2.68. The third-order valence-corrected chi connectivity index (χ3v) is 6.72. The number of rotatable bonds is 6. The van der Waals surface area contributed by atoms with Crippen molar-refractivity contribution < 1.29 is 24.2 Å². The van der Waals surface area contributed by atoms with E-state index in [9.17, 15) is 14.4 Å². The van der Waals surface area contributed by atoms with Crippen molar-refractivity contribution in [2.45, 2.75) is 38.6 Å². The normalized spacial score (nSPS) is 20.3. The number of ether oxygens (including phenoxy) is 1. The van der Waals surface area contributed by atoms with Gasteiger partial charge in [-0.05, 0) is 31.4 Å². The van der Waals surface area contributed by atoms with E-state index >= 15 is 0 Å². The summed E-state index contributed by atoms with van der Waals surface area (Å²) in [5, 5.41) is 9.13. The van der Waals surface area contributed by atoms with Crippen LogP contribution in [0.25, 0.3) is 0 Å². The number of fused-ring (bicyclic) bond motifs is 1. The van der Waals surface area contributed by atoms with Gasteiger partial charge in [-0.25, -0.2) is 4.98 Å². The zero-order valence-electron chi connectivity index (χ0n) is 19.4. The van der Waals surface area contributed by atoms with Crippen LogP contribution in [0.15, 0.2) is 55.0 Å². The van der Waals surface area contributed by atoms with Crippen LogP contribution in [0.4, 0.5) is 0 Å². The first-order valence-electron chi connectivity index (χ1n) is 11.5. The Kier molecular flexibility index (Phi) is 9.10. The number of aryl methyl sites for hydroxylation is 1. The minimum absolute atomic E-state index is 0. The van der Waals surface area contributed by atoms with Crippen molar-refractivity contribution in [1.82, 2.24) is 14.1 Å². The number of ketones is 1.